The topological polar surface area (TPSA) is 26.0 Å². The second kappa shape index (κ2) is 6.17. The third-order valence-corrected chi connectivity index (χ3v) is 3.95. The average molecular weight is 279 g/mol. The highest BCUT2D eigenvalue weighted by atomic mass is 32.2. The van der Waals surface area contributed by atoms with Gasteiger partial charge in [0.25, 0.3) is 0 Å². The second-order valence-corrected chi connectivity index (χ2v) is 5.50. The lowest BCUT2D eigenvalue weighted by molar-refractivity contribution is 0.506. The van der Waals surface area contributed by atoms with Crippen LogP contribution < -0.4 is 5.73 Å². The van der Waals surface area contributed by atoms with Gasteiger partial charge in [0.05, 0.1) is 0 Å². The lowest BCUT2D eigenvalue weighted by Crippen LogP contribution is -2.13. The molecular weight excluding hydrogens is 264 g/mol. The molecule has 19 heavy (non-hydrogen) atoms. The van der Waals surface area contributed by atoms with Gasteiger partial charge in [0.1, 0.15) is 0 Å². The second-order valence-electron chi connectivity index (χ2n) is 4.40. The van der Waals surface area contributed by atoms with E-state index in [9.17, 15) is 8.78 Å². The maximum atomic E-state index is 13.1. The molecule has 0 aliphatic carbocycles. The van der Waals surface area contributed by atoms with Crippen molar-refractivity contribution < 1.29 is 8.78 Å². The van der Waals surface area contributed by atoms with Gasteiger partial charge in [0.15, 0.2) is 11.6 Å². The number of nitrogens with two attached hydrogens (primary N) is 1. The molecule has 0 heterocycles. The standard InChI is InChI=1S/C15H15F2NS/c1-10-2-5-12(6-3-10)19-9-15(18)11-4-7-13(16)14(17)8-11/h2-8,15H,9,18H2,1H3. The Balaban J connectivity index is 1.98. The minimum absolute atomic E-state index is 0.318. The first-order valence-corrected chi connectivity index (χ1v) is 6.95. The highest BCUT2D eigenvalue weighted by Gasteiger charge is 2.10. The van der Waals surface area contributed by atoms with Crippen LogP contribution in [0.1, 0.15) is 17.2 Å². The van der Waals surface area contributed by atoms with Crippen LogP contribution in [-0.4, -0.2) is 5.75 Å². The molecule has 0 aromatic heterocycles. The molecule has 0 saturated carbocycles. The van der Waals surface area contributed by atoms with Crippen molar-refractivity contribution in [3.05, 3.63) is 65.2 Å². The fourth-order valence-corrected chi connectivity index (χ4v) is 2.55. The summed E-state index contributed by atoms with van der Waals surface area (Å²) in [6.07, 6.45) is 0. The molecule has 2 rings (SSSR count). The van der Waals surface area contributed by atoms with Crippen LogP contribution in [-0.2, 0) is 0 Å². The maximum absolute atomic E-state index is 13.1. The number of halogens is 2. The molecule has 0 saturated heterocycles. The van der Waals surface area contributed by atoms with E-state index in [2.05, 4.69) is 0 Å². The van der Waals surface area contributed by atoms with Gasteiger partial charge in [-0.2, -0.15) is 0 Å². The van der Waals surface area contributed by atoms with E-state index in [1.807, 2.05) is 31.2 Å². The monoisotopic (exact) mass is 279 g/mol. The van der Waals surface area contributed by atoms with Crippen molar-refractivity contribution in [2.75, 3.05) is 5.75 Å². The fourth-order valence-electron chi connectivity index (χ4n) is 1.66. The molecule has 2 aromatic carbocycles. The Kier molecular flexibility index (Phi) is 4.56. The van der Waals surface area contributed by atoms with Crippen LogP contribution >= 0.6 is 11.8 Å². The molecule has 0 aliphatic heterocycles. The van der Waals surface area contributed by atoms with E-state index >= 15 is 0 Å². The smallest absolute Gasteiger partial charge is 0.159 e. The lowest BCUT2D eigenvalue weighted by atomic mass is 10.1. The molecule has 1 atom stereocenters. The minimum Gasteiger partial charge on any atom is -0.323 e. The number of hydrogen-bond acceptors (Lipinski definition) is 2. The molecule has 1 nitrogen and oxygen atoms in total. The first kappa shape index (κ1) is 14.0. The van der Waals surface area contributed by atoms with Gasteiger partial charge in [-0.3, -0.25) is 0 Å². The number of thioether (sulfide) groups is 1. The van der Waals surface area contributed by atoms with Crippen LogP contribution in [0.2, 0.25) is 0 Å². The van der Waals surface area contributed by atoms with Crippen molar-refractivity contribution in [1.82, 2.24) is 0 Å². The summed E-state index contributed by atoms with van der Waals surface area (Å²) in [6, 6.07) is 11.6. The summed E-state index contributed by atoms with van der Waals surface area (Å²) in [5, 5.41) is 0. The summed E-state index contributed by atoms with van der Waals surface area (Å²) in [6.45, 7) is 2.03. The van der Waals surface area contributed by atoms with Crippen molar-refractivity contribution in [3.63, 3.8) is 0 Å². The highest BCUT2D eigenvalue weighted by molar-refractivity contribution is 7.99. The van der Waals surface area contributed by atoms with Crippen LogP contribution in [0.5, 0.6) is 0 Å². The molecular formula is C15H15F2NS. The van der Waals surface area contributed by atoms with E-state index in [4.69, 9.17) is 5.73 Å². The molecule has 0 fully saturated rings. The zero-order chi connectivity index (χ0) is 13.8. The van der Waals surface area contributed by atoms with Crippen molar-refractivity contribution in [1.29, 1.82) is 0 Å². The van der Waals surface area contributed by atoms with E-state index in [0.717, 1.165) is 17.0 Å². The quantitative estimate of drug-likeness (QED) is 0.854. The Labute approximate surface area is 115 Å². The van der Waals surface area contributed by atoms with Gasteiger partial charge in [-0.05, 0) is 36.8 Å². The molecule has 1 unspecified atom stereocenters. The van der Waals surface area contributed by atoms with E-state index in [1.54, 1.807) is 11.8 Å². The Hall–Kier alpha value is -1.39. The summed E-state index contributed by atoms with van der Waals surface area (Å²) in [5.41, 5.74) is 7.79. The van der Waals surface area contributed by atoms with E-state index < -0.39 is 11.6 Å². The maximum Gasteiger partial charge on any atom is 0.159 e. The van der Waals surface area contributed by atoms with Crippen LogP contribution in [0.25, 0.3) is 0 Å². The summed E-state index contributed by atoms with van der Waals surface area (Å²) >= 11 is 1.60. The first-order chi connectivity index (χ1) is 9.06. The Morgan fingerprint density at radius 1 is 1.05 bits per heavy atom. The van der Waals surface area contributed by atoms with Gasteiger partial charge in [-0.15, -0.1) is 11.8 Å². The summed E-state index contributed by atoms with van der Waals surface area (Å²) in [7, 11) is 0. The molecule has 0 aliphatic rings. The van der Waals surface area contributed by atoms with Crippen molar-refractivity contribution in [2.45, 2.75) is 17.9 Å². The van der Waals surface area contributed by atoms with Gasteiger partial charge in [0.2, 0.25) is 0 Å². The molecule has 0 amide bonds. The SMILES string of the molecule is Cc1ccc(SCC(N)c2ccc(F)c(F)c2)cc1. The lowest BCUT2D eigenvalue weighted by Gasteiger charge is -2.12. The normalized spacial score (nSPS) is 12.4. The molecule has 0 spiro atoms. The van der Waals surface area contributed by atoms with Gasteiger partial charge in [-0.25, -0.2) is 8.78 Å². The predicted octanol–water partition coefficient (Wildman–Crippen LogP) is 4.07. The number of aryl methyl sites for hydroxylation is 1. The Morgan fingerprint density at radius 3 is 2.37 bits per heavy atom. The molecule has 100 valence electrons. The third kappa shape index (κ3) is 3.78. The number of hydrogen-bond donors (Lipinski definition) is 1. The molecule has 0 radical (unpaired) electrons. The van der Waals surface area contributed by atoms with Gasteiger partial charge in [-0.1, -0.05) is 23.8 Å². The fraction of sp³-hybridized carbons (Fsp3) is 0.200. The van der Waals surface area contributed by atoms with E-state index in [-0.39, 0.29) is 6.04 Å². The highest BCUT2D eigenvalue weighted by Crippen LogP contribution is 2.24. The van der Waals surface area contributed by atoms with E-state index in [0.29, 0.717) is 11.3 Å². The predicted molar refractivity (Wildman–Crippen MR) is 75.2 cm³/mol. The summed E-state index contributed by atoms with van der Waals surface area (Å²) in [4.78, 5) is 1.11. The zero-order valence-corrected chi connectivity index (χ0v) is 11.4. The van der Waals surface area contributed by atoms with Gasteiger partial charge >= 0.3 is 0 Å². The Morgan fingerprint density at radius 2 is 1.74 bits per heavy atom. The number of rotatable bonds is 4. The Bertz CT molecular complexity index is 555. The van der Waals surface area contributed by atoms with Gasteiger partial charge < -0.3 is 5.73 Å². The van der Waals surface area contributed by atoms with Crippen molar-refractivity contribution in [2.24, 2.45) is 5.73 Å². The average Bonchev–Trinajstić information content (AvgIpc) is 2.41. The van der Waals surface area contributed by atoms with Crippen molar-refractivity contribution >= 4 is 11.8 Å². The third-order valence-electron chi connectivity index (χ3n) is 2.82. The minimum atomic E-state index is -0.853. The van der Waals surface area contributed by atoms with Crippen LogP contribution in [0.3, 0.4) is 0 Å². The first-order valence-electron chi connectivity index (χ1n) is 5.96. The molecule has 2 aromatic rings. The van der Waals surface area contributed by atoms with Crippen molar-refractivity contribution in [3.8, 4) is 0 Å². The summed E-state index contributed by atoms with van der Waals surface area (Å²) < 4.78 is 25.9. The van der Waals surface area contributed by atoms with Gasteiger partial charge in [0, 0.05) is 16.7 Å². The van der Waals surface area contributed by atoms with Crippen LogP contribution in [0, 0.1) is 18.6 Å². The van der Waals surface area contributed by atoms with Crippen LogP contribution in [0.15, 0.2) is 47.4 Å². The molecule has 2 N–H and O–H groups in total. The van der Waals surface area contributed by atoms with E-state index in [1.165, 1.54) is 11.6 Å². The molecule has 0 bridgehead atoms. The zero-order valence-electron chi connectivity index (χ0n) is 10.6. The number of benzene rings is 2. The van der Waals surface area contributed by atoms with Crippen LogP contribution in [0.4, 0.5) is 8.78 Å². The summed E-state index contributed by atoms with van der Waals surface area (Å²) in [5.74, 6) is -1.08. The largest absolute Gasteiger partial charge is 0.323 e. The molecule has 4 heteroatoms.